The highest BCUT2D eigenvalue weighted by Crippen LogP contribution is 2.27. The lowest BCUT2D eigenvalue weighted by Crippen LogP contribution is -2.16. The second kappa shape index (κ2) is 8.39. The number of sulfonamides is 1. The molecule has 0 unspecified atom stereocenters. The van der Waals surface area contributed by atoms with Crippen molar-refractivity contribution in [1.29, 1.82) is 0 Å². The van der Waals surface area contributed by atoms with E-state index < -0.39 is 10.0 Å². The molecule has 0 fully saturated rings. The maximum absolute atomic E-state index is 13.1. The second-order valence-electron chi connectivity index (χ2n) is 7.52. The molecule has 0 amide bonds. The highest BCUT2D eigenvalue weighted by Gasteiger charge is 2.19. The van der Waals surface area contributed by atoms with E-state index in [2.05, 4.69) is 20.0 Å². The van der Waals surface area contributed by atoms with Crippen LogP contribution in [0.1, 0.15) is 28.4 Å². The molecule has 7 nitrogen and oxygen atoms in total. The zero-order chi connectivity index (χ0) is 22.9. The summed E-state index contributed by atoms with van der Waals surface area (Å²) >= 11 is 0. The highest BCUT2D eigenvalue weighted by molar-refractivity contribution is 7.92. The molecule has 2 N–H and O–H groups in total. The monoisotopic (exact) mass is 446 g/mol. The van der Waals surface area contributed by atoms with Crippen molar-refractivity contribution in [3.8, 4) is 0 Å². The first-order valence-electron chi connectivity index (χ1n) is 9.98. The fourth-order valence-corrected chi connectivity index (χ4v) is 4.24. The Balaban J connectivity index is 1.75. The van der Waals surface area contributed by atoms with Crippen LogP contribution in [-0.4, -0.2) is 24.2 Å². The summed E-state index contributed by atoms with van der Waals surface area (Å²) in [6.45, 7) is 5.28. The van der Waals surface area contributed by atoms with Crippen LogP contribution in [0.5, 0.6) is 0 Å². The molecule has 0 radical (unpaired) electrons. The smallest absolute Gasteiger partial charge is 0.263 e. The maximum Gasteiger partial charge on any atom is 0.263 e. The zero-order valence-corrected chi connectivity index (χ0v) is 18.7. The van der Waals surface area contributed by atoms with Crippen LogP contribution < -0.4 is 10.0 Å². The first-order chi connectivity index (χ1) is 15.2. The van der Waals surface area contributed by atoms with E-state index in [1.807, 2.05) is 26.0 Å². The molecule has 0 saturated heterocycles. The number of hydrogen-bond acceptors (Lipinski definition) is 6. The number of para-hydroxylation sites is 2. The average molecular weight is 447 g/mol. The number of nitrogens with zero attached hydrogens (tertiary/aromatic N) is 2. The van der Waals surface area contributed by atoms with Gasteiger partial charge in [0.05, 0.1) is 15.9 Å². The predicted molar refractivity (Wildman–Crippen MR) is 126 cm³/mol. The van der Waals surface area contributed by atoms with E-state index in [1.165, 1.54) is 6.92 Å². The quantitative estimate of drug-likeness (QED) is 0.405. The Morgan fingerprint density at radius 3 is 2.03 bits per heavy atom. The maximum atomic E-state index is 13.1. The molecule has 0 atom stereocenters. The van der Waals surface area contributed by atoms with Crippen LogP contribution in [0.25, 0.3) is 11.0 Å². The van der Waals surface area contributed by atoms with Crippen molar-refractivity contribution in [2.75, 3.05) is 10.0 Å². The summed E-state index contributed by atoms with van der Waals surface area (Å²) in [6.07, 6.45) is 0. The summed E-state index contributed by atoms with van der Waals surface area (Å²) in [5.74, 6) is 0.299. The van der Waals surface area contributed by atoms with E-state index in [-0.39, 0.29) is 22.3 Å². The number of anilines is 3. The van der Waals surface area contributed by atoms with Gasteiger partial charge in [-0.1, -0.05) is 18.2 Å². The van der Waals surface area contributed by atoms with Crippen molar-refractivity contribution in [3.05, 3.63) is 83.4 Å². The highest BCUT2D eigenvalue weighted by atomic mass is 32.2. The van der Waals surface area contributed by atoms with Gasteiger partial charge in [0, 0.05) is 11.3 Å². The van der Waals surface area contributed by atoms with Crippen LogP contribution in [0.4, 0.5) is 17.3 Å². The lowest BCUT2D eigenvalue weighted by Gasteiger charge is -2.14. The summed E-state index contributed by atoms with van der Waals surface area (Å²) in [5.41, 5.74) is 4.28. The van der Waals surface area contributed by atoms with E-state index in [0.29, 0.717) is 22.3 Å². The van der Waals surface area contributed by atoms with Crippen molar-refractivity contribution >= 4 is 44.2 Å². The summed E-state index contributed by atoms with van der Waals surface area (Å²) in [4.78, 5) is 20.7. The van der Waals surface area contributed by atoms with Gasteiger partial charge in [0.2, 0.25) is 0 Å². The largest absolute Gasteiger partial charge is 0.337 e. The number of hydrogen-bond donors (Lipinski definition) is 2. The van der Waals surface area contributed by atoms with Crippen LogP contribution in [0.3, 0.4) is 0 Å². The van der Waals surface area contributed by atoms with Gasteiger partial charge in [-0.25, -0.2) is 18.4 Å². The fraction of sp³-hybridized carbons (Fsp3) is 0.125. The normalized spacial score (nSPS) is 11.3. The van der Waals surface area contributed by atoms with Gasteiger partial charge in [0.1, 0.15) is 0 Å². The molecular weight excluding hydrogens is 424 g/mol. The Labute approximate surface area is 186 Å². The minimum Gasteiger partial charge on any atom is -0.337 e. The fourth-order valence-electron chi connectivity index (χ4n) is 3.15. The van der Waals surface area contributed by atoms with Gasteiger partial charge in [-0.15, -0.1) is 0 Å². The number of Topliss-reactive ketones (excluding diaryl/α,β-unsaturated/α-hetero) is 1. The molecule has 1 aromatic heterocycles. The molecule has 0 aliphatic rings. The Morgan fingerprint density at radius 1 is 0.812 bits per heavy atom. The third-order valence-corrected chi connectivity index (χ3v) is 6.48. The Hall–Kier alpha value is -3.78. The molecule has 4 aromatic rings. The van der Waals surface area contributed by atoms with E-state index in [1.54, 1.807) is 54.6 Å². The summed E-state index contributed by atoms with van der Waals surface area (Å²) in [5, 5.41) is 3.11. The molecule has 8 heteroatoms. The topological polar surface area (TPSA) is 101 Å². The molecule has 4 rings (SSSR count). The lowest BCUT2D eigenvalue weighted by molar-refractivity contribution is 0.101. The van der Waals surface area contributed by atoms with Gasteiger partial charge < -0.3 is 5.32 Å². The van der Waals surface area contributed by atoms with Gasteiger partial charge in [0.25, 0.3) is 10.0 Å². The van der Waals surface area contributed by atoms with Crippen LogP contribution in [0.2, 0.25) is 0 Å². The van der Waals surface area contributed by atoms with E-state index in [4.69, 9.17) is 0 Å². The Morgan fingerprint density at radius 2 is 1.44 bits per heavy atom. The Bertz CT molecular complexity index is 1430. The van der Waals surface area contributed by atoms with Crippen LogP contribution >= 0.6 is 0 Å². The number of carbonyl (C=O) groups is 1. The minimum atomic E-state index is -3.89. The third kappa shape index (κ3) is 4.45. The lowest BCUT2D eigenvalue weighted by atomic mass is 10.1. The number of rotatable bonds is 6. The van der Waals surface area contributed by atoms with Gasteiger partial charge in [-0.3, -0.25) is 9.52 Å². The van der Waals surface area contributed by atoms with Gasteiger partial charge in [-0.2, -0.15) is 0 Å². The standard InChI is InChI=1S/C24H22N4O3S/c1-15-8-13-20(14-16(15)2)32(30,31)28-24-23(26-21-6-4-5-7-22(21)27-24)25-19-11-9-18(10-12-19)17(3)29/h4-14H,1-3H3,(H,25,26)(H,27,28). The van der Waals surface area contributed by atoms with Crippen LogP contribution in [0, 0.1) is 13.8 Å². The van der Waals surface area contributed by atoms with Gasteiger partial charge in [-0.05, 0) is 80.4 Å². The predicted octanol–water partition coefficient (Wildman–Crippen LogP) is 4.99. The molecule has 0 bridgehead atoms. The number of aryl methyl sites for hydroxylation is 2. The molecule has 0 aliphatic carbocycles. The third-order valence-electron chi connectivity index (χ3n) is 5.14. The minimum absolute atomic E-state index is 0.0381. The number of fused-ring (bicyclic) bond motifs is 1. The molecule has 0 saturated carbocycles. The van der Waals surface area contributed by atoms with Crippen molar-refractivity contribution in [1.82, 2.24) is 9.97 Å². The van der Waals surface area contributed by atoms with Crippen molar-refractivity contribution in [2.24, 2.45) is 0 Å². The molecular formula is C24H22N4O3S. The summed E-state index contributed by atoms with van der Waals surface area (Å²) in [6, 6.07) is 19.0. The zero-order valence-electron chi connectivity index (χ0n) is 17.9. The van der Waals surface area contributed by atoms with E-state index >= 15 is 0 Å². The van der Waals surface area contributed by atoms with E-state index in [0.717, 1.165) is 11.1 Å². The summed E-state index contributed by atoms with van der Waals surface area (Å²) < 4.78 is 28.7. The SMILES string of the molecule is CC(=O)c1ccc(Nc2nc3ccccc3nc2NS(=O)(=O)c2ccc(C)c(C)c2)cc1. The van der Waals surface area contributed by atoms with Crippen LogP contribution in [-0.2, 0) is 10.0 Å². The number of nitrogens with one attached hydrogen (secondary N) is 2. The first-order valence-corrected chi connectivity index (χ1v) is 11.5. The molecule has 162 valence electrons. The summed E-state index contributed by atoms with van der Waals surface area (Å²) in [7, 11) is -3.89. The van der Waals surface area contributed by atoms with E-state index in [9.17, 15) is 13.2 Å². The number of benzene rings is 3. The second-order valence-corrected chi connectivity index (χ2v) is 9.20. The Kier molecular flexibility index (Phi) is 5.63. The van der Waals surface area contributed by atoms with Crippen LogP contribution in [0.15, 0.2) is 71.6 Å². The molecule has 0 spiro atoms. The average Bonchev–Trinajstić information content (AvgIpc) is 2.76. The van der Waals surface area contributed by atoms with Crippen molar-refractivity contribution in [3.63, 3.8) is 0 Å². The van der Waals surface area contributed by atoms with Gasteiger partial charge >= 0.3 is 0 Å². The molecule has 32 heavy (non-hydrogen) atoms. The molecule has 3 aromatic carbocycles. The molecule has 0 aliphatic heterocycles. The first kappa shape index (κ1) is 21.5. The van der Waals surface area contributed by atoms with Crippen molar-refractivity contribution < 1.29 is 13.2 Å². The number of ketones is 1. The van der Waals surface area contributed by atoms with Crippen molar-refractivity contribution in [2.45, 2.75) is 25.7 Å². The molecule has 1 heterocycles. The number of carbonyl (C=O) groups excluding carboxylic acids is 1. The van der Waals surface area contributed by atoms with Gasteiger partial charge in [0.15, 0.2) is 17.4 Å². The number of aromatic nitrogens is 2.